The third kappa shape index (κ3) is 2.01. The summed E-state index contributed by atoms with van der Waals surface area (Å²) in [5, 5.41) is 9.92. The summed E-state index contributed by atoms with van der Waals surface area (Å²) in [5.74, 6) is 0.114. The second-order valence-corrected chi connectivity index (χ2v) is 4.68. The Morgan fingerprint density at radius 2 is 2.00 bits per heavy atom. The SMILES string of the molecule is Cc1cccc(Cn2c(=O)[nH]c3cccc(O)c32)c1. The Labute approximate surface area is 109 Å². The van der Waals surface area contributed by atoms with E-state index in [1.54, 1.807) is 22.8 Å². The van der Waals surface area contributed by atoms with Crippen molar-refractivity contribution in [2.45, 2.75) is 13.5 Å². The first kappa shape index (κ1) is 11.6. The first-order valence-electron chi connectivity index (χ1n) is 6.11. The molecule has 0 aliphatic carbocycles. The molecule has 0 saturated heterocycles. The fraction of sp³-hybridized carbons (Fsp3) is 0.133. The largest absolute Gasteiger partial charge is 0.506 e. The third-order valence-corrected chi connectivity index (χ3v) is 3.19. The number of aromatic amines is 1. The van der Waals surface area contributed by atoms with Crippen molar-refractivity contribution >= 4 is 11.0 Å². The molecular weight excluding hydrogens is 240 g/mol. The van der Waals surface area contributed by atoms with Crippen LogP contribution in [0.1, 0.15) is 11.1 Å². The van der Waals surface area contributed by atoms with Gasteiger partial charge in [0.1, 0.15) is 11.3 Å². The van der Waals surface area contributed by atoms with Crippen molar-refractivity contribution in [1.29, 1.82) is 0 Å². The molecule has 3 aromatic rings. The van der Waals surface area contributed by atoms with E-state index in [4.69, 9.17) is 0 Å². The molecule has 96 valence electrons. The van der Waals surface area contributed by atoms with Gasteiger partial charge in [-0.3, -0.25) is 4.57 Å². The van der Waals surface area contributed by atoms with Gasteiger partial charge in [-0.05, 0) is 24.6 Å². The summed E-state index contributed by atoms with van der Waals surface area (Å²) in [6.45, 7) is 2.46. The standard InChI is InChI=1S/C15H14N2O2/c1-10-4-2-5-11(8-10)9-17-14-12(16-15(17)19)6-3-7-13(14)18/h2-8,18H,9H2,1H3,(H,16,19). The van der Waals surface area contributed by atoms with E-state index < -0.39 is 0 Å². The van der Waals surface area contributed by atoms with E-state index in [0.717, 1.165) is 11.1 Å². The van der Waals surface area contributed by atoms with Gasteiger partial charge in [0.05, 0.1) is 12.1 Å². The van der Waals surface area contributed by atoms with E-state index in [-0.39, 0.29) is 11.4 Å². The van der Waals surface area contributed by atoms with Crippen LogP contribution in [0.3, 0.4) is 0 Å². The minimum absolute atomic E-state index is 0.114. The molecule has 0 bridgehead atoms. The summed E-state index contributed by atoms with van der Waals surface area (Å²) in [6.07, 6.45) is 0. The molecule has 4 nitrogen and oxygen atoms in total. The van der Waals surface area contributed by atoms with Crippen LogP contribution < -0.4 is 5.69 Å². The monoisotopic (exact) mass is 254 g/mol. The van der Waals surface area contributed by atoms with Crippen molar-refractivity contribution in [2.75, 3.05) is 0 Å². The number of fused-ring (bicyclic) bond motifs is 1. The zero-order chi connectivity index (χ0) is 13.4. The first-order valence-corrected chi connectivity index (χ1v) is 6.11. The molecule has 0 aliphatic rings. The highest BCUT2D eigenvalue weighted by Crippen LogP contribution is 2.22. The van der Waals surface area contributed by atoms with Gasteiger partial charge in [0.25, 0.3) is 0 Å². The predicted molar refractivity (Wildman–Crippen MR) is 74.5 cm³/mol. The Kier molecular flexibility index (Phi) is 2.63. The number of H-pyrrole nitrogens is 1. The van der Waals surface area contributed by atoms with Crippen LogP contribution in [0.25, 0.3) is 11.0 Å². The molecular formula is C15H14N2O2. The van der Waals surface area contributed by atoms with Gasteiger partial charge >= 0.3 is 5.69 Å². The molecule has 1 aromatic heterocycles. The smallest absolute Gasteiger partial charge is 0.326 e. The number of aromatic nitrogens is 2. The third-order valence-electron chi connectivity index (χ3n) is 3.19. The Balaban J connectivity index is 2.15. The number of aromatic hydroxyl groups is 1. The number of para-hydroxylation sites is 1. The molecule has 4 heteroatoms. The molecule has 0 saturated carbocycles. The predicted octanol–water partition coefficient (Wildman–Crippen LogP) is 2.39. The molecule has 0 spiro atoms. The van der Waals surface area contributed by atoms with Crippen LogP contribution in [0.4, 0.5) is 0 Å². The summed E-state index contributed by atoms with van der Waals surface area (Å²) in [5.41, 5.74) is 3.17. The Morgan fingerprint density at radius 1 is 1.21 bits per heavy atom. The molecule has 0 unspecified atom stereocenters. The summed E-state index contributed by atoms with van der Waals surface area (Å²) in [4.78, 5) is 14.7. The highest BCUT2D eigenvalue weighted by atomic mass is 16.3. The molecule has 0 radical (unpaired) electrons. The van der Waals surface area contributed by atoms with Gasteiger partial charge in [-0.25, -0.2) is 4.79 Å². The Morgan fingerprint density at radius 3 is 2.79 bits per heavy atom. The summed E-state index contributed by atoms with van der Waals surface area (Å²) < 4.78 is 1.56. The van der Waals surface area contributed by atoms with Gasteiger partial charge < -0.3 is 10.1 Å². The van der Waals surface area contributed by atoms with E-state index >= 15 is 0 Å². The number of nitrogens with zero attached hydrogens (tertiary/aromatic N) is 1. The topological polar surface area (TPSA) is 58.0 Å². The van der Waals surface area contributed by atoms with Crippen LogP contribution in [-0.4, -0.2) is 14.7 Å². The van der Waals surface area contributed by atoms with Crippen LogP contribution in [-0.2, 0) is 6.54 Å². The summed E-state index contributed by atoms with van der Waals surface area (Å²) in [6, 6.07) is 13.1. The molecule has 2 N–H and O–H groups in total. The van der Waals surface area contributed by atoms with Crippen LogP contribution in [0.5, 0.6) is 5.75 Å². The fourth-order valence-corrected chi connectivity index (χ4v) is 2.34. The molecule has 19 heavy (non-hydrogen) atoms. The van der Waals surface area contributed by atoms with Gasteiger partial charge in [0.2, 0.25) is 0 Å². The van der Waals surface area contributed by atoms with Gasteiger partial charge in [0.15, 0.2) is 0 Å². The number of nitrogens with one attached hydrogen (secondary N) is 1. The highest BCUT2D eigenvalue weighted by molar-refractivity contribution is 5.81. The molecule has 3 rings (SSSR count). The number of aryl methyl sites for hydroxylation is 1. The van der Waals surface area contributed by atoms with E-state index in [0.29, 0.717) is 17.6 Å². The summed E-state index contributed by atoms with van der Waals surface area (Å²) in [7, 11) is 0. The van der Waals surface area contributed by atoms with Crippen LogP contribution in [0, 0.1) is 6.92 Å². The van der Waals surface area contributed by atoms with Crippen molar-refractivity contribution in [1.82, 2.24) is 9.55 Å². The zero-order valence-corrected chi connectivity index (χ0v) is 10.6. The van der Waals surface area contributed by atoms with E-state index in [2.05, 4.69) is 4.98 Å². The minimum atomic E-state index is -0.210. The maximum absolute atomic E-state index is 12.0. The number of phenolic OH excluding ortho intramolecular Hbond substituents is 1. The van der Waals surface area contributed by atoms with Gasteiger partial charge in [-0.15, -0.1) is 0 Å². The van der Waals surface area contributed by atoms with Crippen molar-refractivity contribution in [3.8, 4) is 5.75 Å². The number of rotatable bonds is 2. The van der Waals surface area contributed by atoms with Crippen LogP contribution in [0.2, 0.25) is 0 Å². The van der Waals surface area contributed by atoms with E-state index in [1.165, 1.54) is 0 Å². The maximum atomic E-state index is 12.0. The number of hydrogen-bond donors (Lipinski definition) is 2. The lowest BCUT2D eigenvalue weighted by atomic mass is 10.1. The first-order chi connectivity index (χ1) is 9.15. The average Bonchev–Trinajstić information content (AvgIpc) is 2.67. The Hall–Kier alpha value is -2.49. The lowest BCUT2D eigenvalue weighted by molar-refractivity contribution is 0.478. The summed E-state index contributed by atoms with van der Waals surface area (Å²) >= 11 is 0. The molecule has 0 aliphatic heterocycles. The number of phenols is 1. The lowest BCUT2D eigenvalue weighted by Gasteiger charge is -2.05. The lowest BCUT2D eigenvalue weighted by Crippen LogP contribution is -2.17. The highest BCUT2D eigenvalue weighted by Gasteiger charge is 2.10. The number of hydrogen-bond acceptors (Lipinski definition) is 2. The molecule has 0 atom stereocenters. The number of benzene rings is 2. The number of imidazole rings is 1. The van der Waals surface area contributed by atoms with Crippen LogP contribution in [0.15, 0.2) is 47.3 Å². The van der Waals surface area contributed by atoms with E-state index in [9.17, 15) is 9.90 Å². The van der Waals surface area contributed by atoms with Gasteiger partial charge in [0, 0.05) is 0 Å². The van der Waals surface area contributed by atoms with Crippen LogP contribution >= 0.6 is 0 Å². The molecule has 0 amide bonds. The van der Waals surface area contributed by atoms with Crippen molar-refractivity contribution < 1.29 is 5.11 Å². The molecule has 2 aromatic carbocycles. The maximum Gasteiger partial charge on any atom is 0.326 e. The Bertz CT molecular complexity index is 799. The van der Waals surface area contributed by atoms with E-state index in [1.807, 2.05) is 31.2 Å². The van der Waals surface area contributed by atoms with Crippen molar-refractivity contribution in [3.05, 3.63) is 64.1 Å². The van der Waals surface area contributed by atoms with Crippen molar-refractivity contribution in [2.24, 2.45) is 0 Å². The molecule has 1 heterocycles. The fourth-order valence-electron chi connectivity index (χ4n) is 2.34. The minimum Gasteiger partial charge on any atom is -0.506 e. The van der Waals surface area contributed by atoms with Crippen molar-refractivity contribution in [3.63, 3.8) is 0 Å². The second kappa shape index (κ2) is 4.31. The normalized spacial score (nSPS) is 11.0. The molecule has 0 fully saturated rings. The van der Waals surface area contributed by atoms with Gasteiger partial charge in [-0.1, -0.05) is 35.9 Å². The zero-order valence-electron chi connectivity index (χ0n) is 10.6. The quantitative estimate of drug-likeness (QED) is 0.737. The van der Waals surface area contributed by atoms with Gasteiger partial charge in [-0.2, -0.15) is 0 Å². The average molecular weight is 254 g/mol. The second-order valence-electron chi connectivity index (χ2n) is 4.68.